The van der Waals surface area contributed by atoms with E-state index in [2.05, 4.69) is 20.6 Å². The number of amides is 1. The van der Waals surface area contributed by atoms with Crippen molar-refractivity contribution in [2.45, 2.75) is 13.5 Å². The Kier molecular flexibility index (Phi) is 5.22. The maximum Gasteiger partial charge on any atom is 0.250 e. The Morgan fingerprint density at radius 1 is 1.29 bits per heavy atom. The fourth-order valence-corrected chi connectivity index (χ4v) is 1.83. The molecule has 110 valence electrons. The zero-order chi connectivity index (χ0) is 15.1. The van der Waals surface area contributed by atoms with E-state index < -0.39 is 0 Å². The number of aromatic nitrogens is 2. The monoisotopic (exact) mass is 286 g/mol. The largest absolute Gasteiger partial charge is 0.379 e. The number of benzene rings is 1. The molecule has 1 aromatic carbocycles. The molecular weight excluding hydrogens is 268 g/mol. The van der Waals surface area contributed by atoms with Gasteiger partial charge in [-0.2, -0.15) is 0 Å². The van der Waals surface area contributed by atoms with Gasteiger partial charge in [-0.3, -0.25) is 4.79 Å². The number of rotatable bonds is 6. The van der Waals surface area contributed by atoms with E-state index in [0.29, 0.717) is 6.54 Å². The highest BCUT2D eigenvalue weighted by atomic mass is 16.5. The molecule has 0 saturated heterocycles. The molecule has 0 spiro atoms. The second kappa shape index (κ2) is 7.35. The van der Waals surface area contributed by atoms with E-state index in [-0.39, 0.29) is 12.5 Å². The summed E-state index contributed by atoms with van der Waals surface area (Å²) in [6, 6.07) is 9.36. The second-order valence-electron chi connectivity index (χ2n) is 4.51. The third-order valence-corrected chi connectivity index (χ3v) is 2.73. The van der Waals surface area contributed by atoms with Crippen LogP contribution >= 0.6 is 0 Å². The Bertz CT molecular complexity index is 616. The van der Waals surface area contributed by atoms with Gasteiger partial charge in [-0.1, -0.05) is 6.07 Å². The standard InChI is InChI=1S/C15H18N4O2/c1-11-16-7-6-14(18-11)9-17-12-4-3-5-13(8-12)19-15(20)10-21-2/h3-8,17H,9-10H2,1-2H3,(H,19,20). The van der Waals surface area contributed by atoms with Crippen molar-refractivity contribution < 1.29 is 9.53 Å². The molecule has 0 aliphatic carbocycles. The SMILES string of the molecule is COCC(=O)Nc1cccc(NCc2ccnc(C)n2)c1. The first-order chi connectivity index (χ1) is 10.2. The number of methoxy groups -OCH3 is 1. The number of aryl methyl sites for hydroxylation is 1. The van der Waals surface area contributed by atoms with Crippen LogP contribution in [0.2, 0.25) is 0 Å². The van der Waals surface area contributed by atoms with Gasteiger partial charge < -0.3 is 15.4 Å². The fourth-order valence-electron chi connectivity index (χ4n) is 1.83. The lowest BCUT2D eigenvalue weighted by Crippen LogP contribution is -2.17. The molecule has 0 aliphatic heterocycles. The third-order valence-electron chi connectivity index (χ3n) is 2.73. The highest BCUT2D eigenvalue weighted by molar-refractivity contribution is 5.92. The van der Waals surface area contributed by atoms with Crippen molar-refractivity contribution in [3.8, 4) is 0 Å². The van der Waals surface area contributed by atoms with Gasteiger partial charge >= 0.3 is 0 Å². The van der Waals surface area contributed by atoms with Gasteiger partial charge in [0.05, 0.1) is 12.2 Å². The van der Waals surface area contributed by atoms with E-state index in [1.54, 1.807) is 6.20 Å². The van der Waals surface area contributed by atoms with Crippen LogP contribution in [0.4, 0.5) is 11.4 Å². The molecule has 2 rings (SSSR count). The number of hydrogen-bond acceptors (Lipinski definition) is 5. The second-order valence-corrected chi connectivity index (χ2v) is 4.51. The van der Waals surface area contributed by atoms with E-state index in [1.807, 2.05) is 37.3 Å². The first-order valence-electron chi connectivity index (χ1n) is 6.58. The van der Waals surface area contributed by atoms with Crippen LogP contribution < -0.4 is 10.6 Å². The molecule has 2 aromatic rings. The van der Waals surface area contributed by atoms with Crippen LogP contribution in [-0.4, -0.2) is 29.6 Å². The minimum atomic E-state index is -0.180. The number of ether oxygens (including phenoxy) is 1. The summed E-state index contributed by atoms with van der Waals surface area (Å²) in [7, 11) is 1.49. The zero-order valence-electron chi connectivity index (χ0n) is 12.1. The summed E-state index contributed by atoms with van der Waals surface area (Å²) in [5, 5.41) is 6.02. The molecule has 0 bridgehead atoms. The van der Waals surface area contributed by atoms with Crippen molar-refractivity contribution in [1.82, 2.24) is 9.97 Å². The number of hydrogen-bond donors (Lipinski definition) is 2. The predicted molar refractivity (Wildman–Crippen MR) is 81.0 cm³/mol. The molecular formula is C15H18N4O2. The van der Waals surface area contributed by atoms with Crippen molar-refractivity contribution in [1.29, 1.82) is 0 Å². The van der Waals surface area contributed by atoms with Crippen molar-refractivity contribution in [2.24, 2.45) is 0 Å². The number of nitrogens with one attached hydrogen (secondary N) is 2. The first kappa shape index (κ1) is 14.9. The van der Waals surface area contributed by atoms with Gasteiger partial charge in [0.1, 0.15) is 12.4 Å². The van der Waals surface area contributed by atoms with Gasteiger partial charge in [0.25, 0.3) is 0 Å². The highest BCUT2D eigenvalue weighted by Gasteiger charge is 2.02. The summed E-state index contributed by atoms with van der Waals surface area (Å²) in [4.78, 5) is 19.9. The van der Waals surface area contributed by atoms with Gasteiger partial charge in [0, 0.05) is 24.7 Å². The average Bonchev–Trinajstić information content (AvgIpc) is 2.46. The van der Waals surface area contributed by atoms with Crippen LogP contribution in [0.1, 0.15) is 11.5 Å². The van der Waals surface area contributed by atoms with E-state index >= 15 is 0 Å². The van der Waals surface area contributed by atoms with E-state index in [1.165, 1.54) is 7.11 Å². The molecule has 21 heavy (non-hydrogen) atoms. The summed E-state index contributed by atoms with van der Waals surface area (Å²) < 4.78 is 4.78. The van der Waals surface area contributed by atoms with E-state index in [9.17, 15) is 4.79 Å². The minimum absolute atomic E-state index is 0.0396. The van der Waals surface area contributed by atoms with Gasteiger partial charge in [0.15, 0.2) is 0 Å². The Balaban J connectivity index is 1.96. The van der Waals surface area contributed by atoms with Crippen molar-refractivity contribution >= 4 is 17.3 Å². The molecule has 1 aromatic heterocycles. The van der Waals surface area contributed by atoms with Gasteiger partial charge in [-0.15, -0.1) is 0 Å². The number of nitrogens with zero attached hydrogens (tertiary/aromatic N) is 2. The lowest BCUT2D eigenvalue weighted by Gasteiger charge is -2.09. The summed E-state index contributed by atoms with van der Waals surface area (Å²) >= 11 is 0. The van der Waals surface area contributed by atoms with Crippen molar-refractivity contribution in [2.75, 3.05) is 24.4 Å². The topological polar surface area (TPSA) is 76.1 Å². The molecule has 2 N–H and O–H groups in total. The molecule has 0 saturated carbocycles. The molecule has 0 aliphatic rings. The summed E-state index contributed by atoms with van der Waals surface area (Å²) in [5.74, 6) is 0.566. The van der Waals surface area contributed by atoms with Crippen LogP contribution in [0.15, 0.2) is 36.5 Å². The molecule has 6 heteroatoms. The number of carbonyl (C=O) groups excluding carboxylic acids is 1. The van der Waals surface area contributed by atoms with Crippen molar-refractivity contribution in [3.05, 3.63) is 48.0 Å². The quantitative estimate of drug-likeness (QED) is 0.849. The molecule has 0 radical (unpaired) electrons. The number of carbonyl (C=O) groups is 1. The molecule has 0 unspecified atom stereocenters. The third kappa shape index (κ3) is 4.85. The normalized spacial score (nSPS) is 10.2. The van der Waals surface area contributed by atoms with Gasteiger partial charge in [-0.05, 0) is 31.2 Å². The van der Waals surface area contributed by atoms with Crippen LogP contribution in [0.25, 0.3) is 0 Å². The van der Waals surface area contributed by atoms with Gasteiger partial charge in [-0.25, -0.2) is 9.97 Å². The Hall–Kier alpha value is -2.47. The summed E-state index contributed by atoms with van der Waals surface area (Å²) in [6.07, 6.45) is 1.74. The summed E-state index contributed by atoms with van der Waals surface area (Å²) in [6.45, 7) is 2.49. The lowest BCUT2D eigenvalue weighted by molar-refractivity contribution is -0.119. The fraction of sp³-hybridized carbons (Fsp3) is 0.267. The average molecular weight is 286 g/mol. The lowest BCUT2D eigenvalue weighted by atomic mass is 10.2. The molecule has 6 nitrogen and oxygen atoms in total. The van der Waals surface area contributed by atoms with E-state index in [0.717, 1.165) is 22.9 Å². The van der Waals surface area contributed by atoms with E-state index in [4.69, 9.17) is 4.74 Å². The van der Waals surface area contributed by atoms with Crippen LogP contribution in [0, 0.1) is 6.92 Å². The maximum atomic E-state index is 11.5. The first-order valence-corrected chi connectivity index (χ1v) is 6.58. The van der Waals surface area contributed by atoms with Crippen LogP contribution in [0.3, 0.4) is 0 Å². The molecule has 0 atom stereocenters. The van der Waals surface area contributed by atoms with Crippen LogP contribution in [0.5, 0.6) is 0 Å². The van der Waals surface area contributed by atoms with Crippen LogP contribution in [-0.2, 0) is 16.1 Å². The maximum absolute atomic E-state index is 11.5. The molecule has 0 fully saturated rings. The Morgan fingerprint density at radius 2 is 2.10 bits per heavy atom. The number of anilines is 2. The molecule has 1 heterocycles. The smallest absolute Gasteiger partial charge is 0.250 e. The van der Waals surface area contributed by atoms with Crippen molar-refractivity contribution in [3.63, 3.8) is 0 Å². The predicted octanol–water partition coefficient (Wildman–Crippen LogP) is 1.98. The zero-order valence-corrected chi connectivity index (χ0v) is 12.1. The highest BCUT2D eigenvalue weighted by Crippen LogP contribution is 2.15. The molecule has 1 amide bonds. The Morgan fingerprint density at radius 3 is 2.86 bits per heavy atom. The Labute approximate surface area is 123 Å². The summed E-state index contributed by atoms with van der Waals surface area (Å²) in [5.41, 5.74) is 2.54. The van der Waals surface area contributed by atoms with Gasteiger partial charge in [0.2, 0.25) is 5.91 Å². The minimum Gasteiger partial charge on any atom is -0.379 e.